The summed E-state index contributed by atoms with van der Waals surface area (Å²) in [6.07, 6.45) is 2.73. The number of aromatic nitrogens is 2. The zero-order valence-electron chi connectivity index (χ0n) is 7.93. The van der Waals surface area contributed by atoms with E-state index in [0.29, 0.717) is 5.56 Å². The van der Waals surface area contributed by atoms with Crippen LogP contribution >= 0.6 is 0 Å². The smallest absolute Gasteiger partial charge is 0.358 e. The summed E-state index contributed by atoms with van der Waals surface area (Å²) in [7, 11) is 0. The average Bonchev–Trinajstić information content (AvgIpc) is 2.70. The van der Waals surface area contributed by atoms with Crippen molar-refractivity contribution in [2.75, 3.05) is 13.1 Å². The average molecular weight is 196 g/mol. The Hall–Kier alpha value is -1.43. The standard InChI is InChI=1S/C8H12N4O2/c1-6-5-11(7-2-3-9-4-7)10-8(6)12(13)14/h5,7,9H,2-4H2,1H3. The van der Waals surface area contributed by atoms with Crippen molar-refractivity contribution in [1.82, 2.24) is 15.1 Å². The summed E-state index contributed by atoms with van der Waals surface area (Å²) in [4.78, 5) is 10.1. The van der Waals surface area contributed by atoms with Crippen molar-refractivity contribution in [3.8, 4) is 0 Å². The summed E-state index contributed by atoms with van der Waals surface area (Å²) in [6, 6.07) is 0.266. The van der Waals surface area contributed by atoms with Crippen LogP contribution in [0.25, 0.3) is 0 Å². The summed E-state index contributed by atoms with van der Waals surface area (Å²) in [5.74, 6) is -0.0306. The number of nitrogens with one attached hydrogen (secondary N) is 1. The minimum absolute atomic E-state index is 0.0306. The van der Waals surface area contributed by atoms with Crippen molar-refractivity contribution in [3.05, 3.63) is 21.9 Å². The number of rotatable bonds is 2. The van der Waals surface area contributed by atoms with Crippen LogP contribution in [0.2, 0.25) is 0 Å². The molecule has 2 heterocycles. The molecule has 76 valence electrons. The van der Waals surface area contributed by atoms with Crippen LogP contribution in [0.5, 0.6) is 0 Å². The molecule has 1 aromatic rings. The molecule has 0 saturated carbocycles. The first-order valence-electron chi connectivity index (χ1n) is 4.59. The van der Waals surface area contributed by atoms with Crippen LogP contribution < -0.4 is 5.32 Å². The first-order chi connectivity index (χ1) is 6.68. The van der Waals surface area contributed by atoms with E-state index in [2.05, 4.69) is 10.4 Å². The molecular weight excluding hydrogens is 184 g/mol. The fourth-order valence-electron chi connectivity index (χ4n) is 1.71. The molecule has 1 unspecified atom stereocenters. The van der Waals surface area contributed by atoms with Crippen LogP contribution in [0.4, 0.5) is 5.82 Å². The van der Waals surface area contributed by atoms with Crippen molar-refractivity contribution < 1.29 is 4.92 Å². The molecule has 1 N–H and O–H groups in total. The van der Waals surface area contributed by atoms with Gasteiger partial charge in [-0.25, -0.2) is 0 Å². The zero-order valence-corrected chi connectivity index (χ0v) is 7.93. The Balaban J connectivity index is 2.27. The summed E-state index contributed by atoms with van der Waals surface area (Å²) in [6.45, 7) is 3.51. The predicted octanol–water partition coefficient (Wildman–Crippen LogP) is 0.634. The van der Waals surface area contributed by atoms with Gasteiger partial charge in [0.2, 0.25) is 0 Å². The van der Waals surface area contributed by atoms with E-state index in [1.807, 2.05) is 0 Å². The Labute approximate surface area is 81.1 Å². The molecule has 0 aliphatic carbocycles. The van der Waals surface area contributed by atoms with Crippen molar-refractivity contribution in [1.29, 1.82) is 0 Å². The third-order valence-electron chi connectivity index (χ3n) is 2.47. The van der Waals surface area contributed by atoms with E-state index < -0.39 is 4.92 Å². The van der Waals surface area contributed by atoms with Gasteiger partial charge in [0.05, 0.1) is 22.9 Å². The van der Waals surface area contributed by atoms with E-state index in [1.165, 1.54) is 0 Å². The second kappa shape index (κ2) is 3.38. The number of aryl methyl sites for hydroxylation is 1. The van der Waals surface area contributed by atoms with Gasteiger partial charge in [-0.1, -0.05) is 0 Å². The Morgan fingerprint density at radius 3 is 3.07 bits per heavy atom. The fraction of sp³-hybridized carbons (Fsp3) is 0.625. The Morgan fingerprint density at radius 1 is 1.79 bits per heavy atom. The molecular formula is C8H12N4O2. The number of nitrogens with zero attached hydrogens (tertiary/aromatic N) is 3. The third-order valence-corrected chi connectivity index (χ3v) is 2.47. The number of hydrogen-bond donors (Lipinski definition) is 1. The van der Waals surface area contributed by atoms with Crippen LogP contribution in [0.1, 0.15) is 18.0 Å². The van der Waals surface area contributed by atoms with Crippen LogP contribution in [-0.2, 0) is 0 Å². The molecule has 2 rings (SSSR count). The normalized spacial score (nSPS) is 21.4. The van der Waals surface area contributed by atoms with Gasteiger partial charge in [0.25, 0.3) is 0 Å². The summed E-state index contributed by atoms with van der Waals surface area (Å²) in [5, 5.41) is 17.7. The van der Waals surface area contributed by atoms with Gasteiger partial charge in [-0.2, -0.15) is 4.68 Å². The largest absolute Gasteiger partial charge is 0.392 e. The van der Waals surface area contributed by atoms with Crippen LogP contribution in [0, 0.1) is 17.0 Å². The molecule has 0 amide bonds. The Bertz CT molecular complexity index is 354. The lowest BCUT2D eigenvalue weighted by atomic mass is 10.3. The van der Waals surface area contributed by atoms with E-state index >= 15 is 0 Å². The Morgan fingerprint density at radius 2 is 2.57 bits per heavy atom. The lowest BCUT2D eigenvalue weighted by Crippen LogP contribution is -2.13. The summed E-state index contributed by atoms with van der Waals surface area (Å²) < 4.78 is 1.70. The lowest BCUT2D eigenvalue weighted by Gasteiger charge is -2.02. The minimum Gasteiger partial charge on any atom is -0.358 e. The van der Waals surface area contributed by atoms with Crippen LogP contribution in [0.3, 0.4) is 0 Å². The number of nitro groups is 1. The van der Waals surface area contributed by atoms with Gasteiger partial charge in [-0.05, 0) is 24.8 Å². The van der Waals surface area contributed by atoms with E-state index in [-0.39, 0.29) is 11.9 Å². The molecule has 0 radical (unpaired) electrons. The first-order valence-corrected chi connectivity index (χ1v) is 4.59. The summed E-state index contributed by atoms with van der Waals surface area (Å²) in [5.41, 5.74) is 0.627. The SMILES string of the molecule is Cc1cn(C2CCNC2)nc1[N+](=O)[O-]. The van der Waals surface area contributed by atoms with E-state index in [0.717, 1.165) is 19.5 Å². The molecule has 6 heteroatoms. The van der Waals surface area contributed by atoms with E-state index in [1.54, 1.807) is 17.8 Å². The second-order valence-electron chi connectivity index (χ2n) is 3.52. The van der Waals surface area contributed by atoms with Gasteiger partial charge < -0.3 is 15.4 Å². The highest BCUT2D eigenvalue weighted by Gasteiger charge is 2.24. The minimum atomic E-state index is -0.436. The monoisotopic (exact) mass is 196 g/mol. The highest BCUT2D eigenvalue weighted by atomic mass is 16.6. The van der Waals surface area contributed by atoms with Gasteiger partial charge in [0, 0.05) is 6.54 Å². The van der Waals surface area contributed by atoms with Gasteiger partial charge in [-0.3, -0.25) is 0 Å². The topological polar surface area (TPSA) is 73.0 Å². The molecule has 6 nitrogen and oxygen atoms in total. The number of hydrogen-bond acceptors (Lipinski definition) is 4. The maximum atomic E-state index is 10.6. The highest BCUT2D eigenvalue weighted by molar-refractivity contribution is 5.28. The molecule has 1 aromatic heterocycles. The fourth-order valence-corrected chi connectivity index (χ4v) is 1.71. The zero-order chi connectivity index (χ0) is 10.1. The lowest BCUT2D eigenvalue weighted by molar-refractivity contribution is -0.390. The van der Waals surface area contributed by atoms with Gasteiger partial charge >= 0.3 is 5.82 Å². The van der Waals surface area contributed by atoms with Gasteiger partial charge in [0.1, 0.15) is 0 Å². The third kappa shape index (κ3) is 1.48. The maximum absolute atomic E-state index is 10.6. The molecule has 1 fully saturated rings. The molecule has 1 saturated heterocycles. The van der Waals surface area contributed by atoms with Crippen molar-refractivity contribution >= 4 is 5.82 Å². The molecule has 0 aromatic carbocycles. The molecule has 14 heavy (non-hydrogen) atoms. The Kier molecular flexibility index (Phi) is 2.20. The van der Waals surface area contributed by atoms with Crippen LogP contribution in [-0.4, -0.2) is 27.8 Å². The summed E-state index contributed by atoms with van der Waals surface area (Å²) >= 11 is 0. The molecule has 0 bridgehead atoms. The predicted molar refractivity (Wildman–Crippen MR) is 50.1 cm³/mol. The maximum Gasteiger partial charge on any atom is 0.392 e. The second-order valence-corrected chi connectivity index (χ2v) is 3.52. The molecule has 1 atom stereocenters. The molecule has 1 aliphatic rings. The van der Waals surface area contributed by atoms with Crippen molar-refractivity contribution in [2.24, 2.45) is 0 Å². The molecule has 0 spiro atoms. The van der Waals surface area contributed by atoms with Gasteiger partial charge in [-0.15, -0.1) is 0 Å². The van der Waals surface area contributed by atoms with Crippen molar-refractivity contribution in [3.63, 3.8) is 0 Å². The van der Waals surface area contributed by atoms with Crippen molar-refractivity contribution in [2.45, 2.75) is 19.4 Å². The quantitative estimate of drug-likeness (QED) is 0.556. The van der Waals surface area contributed by atoms with Gasteiger partial charge in [0.15, 0.2) is 0 Å². The van der Waals surface area contributed by atoms with E-state index in [9.17, 15) is 10.1 Å². The van der Waals surface area contributed by atoms with Crippen LogP contribution in [0.15, 0.2) is 6.20 Å². The highest BCUT2D eigenvalue weighted by Crippen LogP contribution is 2.20. The molecule has 1 aliphatic heterocycles. The first kappa shape index (κ1) is 9.14. The van der Waals surface area contributed by atoms with E-state index in [4.69, 9.17) is 0 Å².